The molecule has 0 unspecified atom stereocenters. The predicted molar refractivity (Wildman–Crippen MR) is 105 cm³/mol. The van der Waals surface area contributed by atoms with E-state index in [9.17, 15) is 13.2 Å². The molecule has 0 aromatic heterocycles. The molecule has 1 N–H and O–H groups in total. The molecule has 0 aliphatic rings. The van der Waals surface area contributed by atoms with E-state index in [1.54, 1.807) is 24.3 Å². The molecule has 2 aromatic rings. The highest BCUT2D eigenvalue weighted by Gasteiger charge is 2.27. The maximum absolute atomic E-state index is 12.9. The molecule has 0 fully saturated rings. The molecule has 1 amide bonds. The Kier molecular flexibility index (Phi) is 6.59. The Labute approximate surface area is 156 Å². The first-order valence-corrected chi connectivity index (χ1v) is 10.8. The summed E-state index contributed by atoms with van der Waals surface area (Å²) < 4.78 is 23.2. The number of benzene rings is 2. The fraction of sp³-hybridized carbons (Fsp3) is 0.381. The minimum absolute atomic E-state index is 0.00904. The van der Waals surface area contributed by atoms with Gasteiger partial charge in [0.1, 0.15) is 0 Å². The summed E-state index contributed by atoms with van der Waals surface area (Å²) in [4.78, 5) is 13.2. The van der Waals surface area contributed by atoms with Gasteiger partial charge in [0.2, 0.25) is 5.91 Å². The lowest BCUT2D eigenvalue weighted by Crippen LogP contribution is -2.34. The average molecular weight is 374 g/mol. The number of sulfone groups is 1. The Bertz CT molecular complexity index is 829. The molecule has 2 aromatic carbocycles. The molecule has 0 spiro atoms. The highest BCUT2D eigenvalue weighted by atomic mass is 32.2. The first kappa shape index (κ1) is 20.2. The highest BCUT2D eigenvalue weighted by molar-refractivity contribution is 7.90. The standard InChI is InChI=1S/C21H27NO3S/c1-5-15(2)20(18-9-7-6-8-10-18)21(23)22-16(3)17-11-13-19(14-12-17)26(4,24)25/h6-16,20H,5H2,1-4H3,(H,22,23)/t15-,16-,20-/m0/s1. The largest absolute Gasteiger partial charge is 0.349 e. The summed E-state index contributed by atoms with van der Waals surface area (Å²) in [5, 5.41) is 3.08. The highest BCUT2D eigenvalue weighted by Crippen LogP contribution is 2.28. The lowest BCUT2D eigenvalue weighted by Gasteiger charge is -2.25. The second kappa shape index (κ2) is 8.49. The van der Waals surface area contributed by atoms with Gasteiger partial charge in [-0.2, -0.15) is 0 Å². The van der Waals surface area contributed by atoms with Gasteiger partial charge in [-0.3, -0.25) is 4.79 Å². The molecule has 140 valence electrons. The zero-order chi connectivity index (χ0) is 19.3. The third-order valence-electron chi connectivity index (χ3n) is 4.82. The number of amides is 1. The molecule has 0 aliphatic carbocycles. The molecule has 3 atom stereocenters. The van der Waals surface area contributed by atoms with Gasteiger partial charge in [0, 0.05) is 6.26 Å². The van der Waals surface area contributed by atoms with Crippen LogP contribution in [0.25, 0.3) is 0 Å². The third-order valence-corrected chi connectivity index (χ3v) is 5.95. The van der Waals surface area contributed by atoms with Crippen LogP contribution in [0.3, 0.4) is 0 Å². The summed E-state index contributed by atoms with van der Waals surface area (Å²) in [5.41, 5.74) is 1.89. The number of rotatable bonds is 7. The van der Waals surface area contributed by atoms with Gasteiger partial charge in [-0.15, -0.1) is 0 Å². The predicted octanol–water partition coefficient (Wildman–Crippen LogP) is 4.10. The van der Waals surface area contributed by atoms with Crippen LogP contribution in [0.5, 0.6) is 0 Å². The lowest BCUT2D eigenvalue weighted by atomic mass is 9.84. The minimum Gasteiger partial charge on any atom is -0.349 e. The molecule has 0 saturated heterocycles. The summed E-state index contributed by atoms with van der Waals surface area (Å²) in [6.07, 6.45) is 2.09. The van der Waals surface area contributed by atoms with Crippen molar-refractivity contribution in [3.63, 3.8) is 0 Å². The zero-order valence-corrected chi connectivity index (χ0v) is 16.6. The summed E-state index contributed by atoms with van der Waals surface area (Å²) in [5.74, 6) is 0.00129. The maximum atomic E-state index is 12.9. The van der Waals surface area contributed by atoms with Crippen LogP contribution in [0.15, 0.2) is 59.5 Å². The van der Waals surface area contributed by atoms with E-state index in [0.29, 0.717) is 0 Å². The Morgan fingerprint density at radius 1 is 0.962 bits per heavy atom. The first-order valence-electron chi connectivity index (χ1n) is 8.89. The molecular formula is C21H27NO3S. The summed E-state index contributed by atoms with van der Waals surface area (Å²) in [6.45, 7) is 6.08. The smallest absolute Gasteiger partial charge is 0.228 e. The normalized spacial score (nSPS) is 15.1. The van der Waals surface area contributed by atoms with Crippen LogP contribution in [-0.2, 0) is 14.6 Å². The van der Waals surface area contributed by atoms with Crippen LogP contribution in [-0.4, -0.2) is 20.6 Å². The van der Waals surface area contributed by atoms with Crippen molar-refractivity contribution in [2.75, 3.05) is 6.26 Å². The van der Waals surface area contributed by atoms with Crippen molar-refractivity contribution in [3.05, 3.63) is 65.7 Å². The SMILES string of the molecule is CC[C@H](C)[C@H](C(=O)N[C@@H](C)c1ccc(S(C)(=O)=O)cc1)c1ccccc1. The van der Waals surface area contributed by atoms with Crippen LogP contribution in [0, 0.1) is 5.92 Å². The van der Waals surface area contributed by atoms with Crippen LogP contribution >= 0.6 is 0 Å². The van der Waals surface area contributed by atoms with Gasteiger partial charge >= 0.3 is 0 Å². The van der Waals surface area contributed by atoms with Crippen LogP contribution < -0.4 is 5.32 Å². The summed E-state index contributed by atoms with van der Waals surface area (Å²) in [6, 6.07) is 16.3. The van der Waals surface area contributed by atoms with Crippen molar-refractivity contribution in [1.29, 1.82) is 0 Å². The van der Waals surface area contributed by atoms with E-state index in [4.69, 9.17) is 0 Å². The average Bonchev–Trinajstić information content (AvgIpc) is 2.62. The van der Waals surface area contributed by atoms with Gasteiger partial charge in [0.05, 0.1) is 16.9 Å². The van der Waals surface area contributed by atoms with Crippen molar-refractivity contribution in [2.24, 2.45) is 5.92 Å². The van der Waals surface area contributed by atoms with Gasteiger partial charge in [-0.1, -0.05) is 62.7 Å². The van der Waals surface area contributed by atoms with Crippen molar-refractivity contribution in [2.45, 2.75) is 44.0 Å². The fourth-order valence-electron chi connectivity index (χ4n) is 3.02. The molecule has 0 bridgehead atoms. The molecular weight excluding hydrogens is 346 g/mol. The topological polar surface area (TPSA) is 63.2 Å². The molecule has 0 radical (unpaired) electrons. The lowest BCUT2D eigenvalue weighted by molar-refractivity contribution is -0.124. The Morgan fingerprint density at radius 3 is 2.04 bits per heavy atom. The number of carbonyl (C=O) groups is 1. The van der Waals surface area contributed by atoms with E-state index in [1.807, 2.05) is 37.3 Å². The van der Waals surface area contributed by atoms with Gasteiger partial charge < -0.3 is 5.32 Å². The maximum Gasteiger partial charge on any atom is 0.228 e. The Hall–Kier alpha value is -2.14. The van der Waals surface area contributed by atoms with E-state index in [1.165, 1.54) is 6.26 Å². The number of carbonyl (C=O) groups excluding carboxylic acids is 1. The van der Waals surface area contributed by atoms with Gasteiger partial charge in [0.25, 0.3) is 0 Å². The molecule has 0 heterocycles. The summed E-state index contributed by atoms with van der Waals surface area (Å²) in [7, 11) is -3.22. The van der Waals surface area contributed by atoms with Gasteiger partial charge in [-0.05, 0) is 36.1 Å². The molecule has 26 heavy (non-hydrogen) atoms. The van der Waals surface area contributed by atoms with Crippen molar-refractivity contribution >= 4 is 15.7 Å². The second-order valence-electron chi connectivity index (χ2n) is 6.85. The van der Waals surface area contributed by atoms with Gasteiger partial charge in [0.15, 0.2) is 9.84 Å². The second-order valence-corrected chi connectivity index (χ2v) is 8.86. The molecule has 0 saturated carbocycles. The van der Waals surface area contributed by atoms with Gasteiger partial charge in [-0.25, -0.2) is 8.42 Å². The van der Waals surface area contributed by atoms with Crippen LogP contribution in [0.4, 0.5) is 0 Å². The first-order chi connectivity index (χ1) is 12.2. The molecule has 2 rings (SSSR count). The number of hydrogen-bond donors (Lipinski definition) is 1. The minimum atomic E-state index is -3.22. The zero-order valence-electron chi connectivity index (χ0n) is 15.8. The molecule has 4 nitrogen and oxygen atoms in total. The number of nitrogens with one attached hydrogen (secondary N) is 1. The van der Waals surface area contributed by atoms with E-state index >= 15 is 0 Å². The fourth-order valence-corrected chi connectivity index (χ4v) is 3.66. The van der Waals surface area contributed by atoms with E-state index in [-0.39, 0.29) is 28.7 Å². The molecule has 0 aliphatic heterocycles. The third kappa shape index (κ3) is 4.94. The van der Waals surface area contributed by atoms with E-state index < -0.39 is 9.84 Å². The van der Waals surface area contributed by atoms with E-state index in [0.717, 1.165) is 17.5 Å². The monoisotopic (exact) mass is 373 g/mol. The quantitative estimate of drug-likeness (QED) is 0.795. The van der Waals surface area contributed by atoms with E-state index in [2.05, 4.69) is 19.2 Å². The van der Waals surface area contributed by atoms with Crippen molar-refractivity contribution in [3.8, 4) is 0 Å². The summed E-state index contributed by atoms with van der Waals surface area (Å²) >= 11 is 0. The Balaban J connectivity index is 2.18. The molecule has 5 heteroatoms. The number of hydrogen-bond acceptors (Lipinski definition) is 3. The van der Waals surface area contributed by atoms with Crippen LogP contribution in [0.1, 0.15) is 50.3 Å². The van der Waals surface area contributed by atoms with Crippen molar-refractivity contribution in [1.82, 2.24) is 5.32 Å². The Morgan fingerprint density at radius 2 is 1.54 bits per heavy atom. The van der Waals surface area contributed by atoms with Crippen LogP contribution in [0.2, 0.25) is 0 Å². The van der Waals surface area contributed by atoms with Crippen molar-refractivity contribution < 1.29 is 13.2 Å².